The molecule has 0 atom stereocenters. The number of hydrogen-bond acceptors (Lipinski definition) is 5. The monoisotopic (exact) mass is 670 g/mol. The molecule has 0 fully saturated rings. The molecule has 11 aromatic rings. The summed E-state index contributed by atoms with van der Waals surface area (Å²) in [5.41, 5.74) is 7.88. The average Bonchev–Trinajstić information content (AvgIpc) is 3.88. The summed E-state index contributed by atoms with van der Waals surface area (Å²) in [6.45, 7) is 0. The number of nitrogens with zero attached hydrogens (tertiary/aromatic N) is 4. The van der Waals surface area contributed by atoms with Gasteiger partial charge >= 0.3 is 0 Å². The summed E-state index contributed by atoms with van der Waals surface area (Å²) < 4.78 is 11.3. The molecule has 238 valence electrons. The van der Waals surface area contributed by atoms with E-state index in [0.717, 1.165) is 60.6 Å². The maximum absolute atomic E-state index is 6.62. The molecule has 7 aromatic carbocycles. The Morgan fingerprint density at radius 2 is 1.04 bits per heavy atom. The summed E-state index contributed by atoms with van der Waals surface area (Å²) in [4.78, 5) is 15.3. The number of rotatable bonds is 4. The van der Waals surface area contributed by atoms with Crippen LogP contribution in [-0.2, 0) is 0 Å². The number of furan rings is 1. The van der Waals surface area contributed by atoms with E-state index in [1.807, 2.05) is 47.7 Å². The first-order valence-electron chi connectivity index (χ1n) is 16.9. The fraction of sp³-hybridized carbons (Fsp3) is 0. The van der Waals surface area contributed by atoms with Crippen LogP contribution in [0.5, 0.6) is 0 Å². The second-order valence-corrected chi connectivity index (χ2v) is 13.8. The Hall–Kier alpha value is -6.63. The zero-order valence-corrected chi connectivity index (χ0v) is 27.9. The molecular formula is C45H26N4OS. The highest BCUT2D eigenvalue weighted by molar-refractivity contribution is 7.26. The number of aromatic nitrogens is 4. The zero-order valence-electron chi connectivity index (χ0n) is 27.1. The van der Waals surface area contributed by atoms with E-state index >= 15 is 0 Å². The standard InChI is InChI=1S/C45H26N4OS/c1-2-12-28(13-3-1)43-46-44(48-45(47-43)49-36-18-8-4-14-30(36)31-15-5-9-19-37(31)49)29-24-22-27(23-25-29)34-26-35-32-16-7-11-21-39(32)51-42(35)40-33-17-6-10-20-38(33)50-41(34)40/h1-26H. The van der Waals surface area contributed by atoms with E-state index in [2.05, 4.69) is 126 Å². The van der Waals surface area contributed by atoms with Crippen molar-refractivity contribution < 1.29 is 4.42 Å². The largest absolute Gasteiger partial charge is 0.455 e. The number of benzene rings is 7. The Morgan fingerprint density at radius 1 is 0.471 bits per heavy atom. The molecule has 0 unspecified atom stereocenters. The van der Waals surface area contributed by atoms with Gasteiger partial charge in [0.1, 0.15) is 11.2 Å². The molecule has 5 nitrogen and oxygen atoms in total. The molecule has 4 heterocycles. The van der Waals surface area contributed by atoms with Crippen LogP contribution in [0.3, 0.4) is 0 Å². The normalized spacial score (nSPS) is 11.9. The number of para-hydroxylation sites is 3. The smallest absolute Gasteiger partial charge is 0.238 e. The third kappa shape index (κ3) is 4.30. The predicted molar refractivity (Wildman–Crippen MR) is 211 cm³/mol. The molecule has 6 heteroatoms. The minimum atomic E-state index is 0.583. The van der Waals surface area contributed by atoms with Crippen molar-refractivity contribution in [3.05, 3.63) is 158 Å². The maximum atomic E-state index is 6.62. The summed E-state index contributed by atoms with van der Waals surface area (Å²) in [5, 5.41) is 7.14. The van der Waals surface area contributed by atoms with Crippen molar-refractivity contribution in [1.29, 1.82) is 0 Å². The van der Waals surface area contributed by atoms with Gasteiger partial charge in [-0.1, -0.05) is 127 Å². The molecule has 4 aromatic heterocycles. The van der Waals surface area contributed by atoms with Gasteiger partial charge in [-0.25, -0.2) is 4.98 Å². The van der Waals surface area contributed by atoms with E-state index in [9.17, 15) is 0 Å². The van der Waals surface area contributed by atoms with Crippen LogP contribution in [0.1, 0.15) is 0 Å². The third-order valence-electron chi connectivity index (χ3n) is 9.88. The second kappa shape index (κ2) is 10.9. The van der Waals surface area contributed by atoms with E-state index in [-0.39, 0.29) is 0 Å². The predicted octanol–water partition coefficient (Wildman–Crippen LogP) is 12.2. The van der Waals surface area contributed by atoms with Gasteiger partial charge in [0.05, 0.1) is 11.0 Å². The van der Waals surface area contributed by atoms with Gasteiger partial charge in [-0.3, -0.25) is 4.57 Å². The van der Waals surface area contributed by atoms with E-state index in [0.29, 0.717) is 17.6 Å². The van der Waals surface area contributed by atoms with Crippen LogP contribution in [0.2, 0.25) is 0 Å². The Balaban J connectivity index is 1.11. The van der Waals surface area contributed by atoms with Crippen molar-refractivity contribution in [2.45, 2.75) is 0 Å². The van der Waals surface area contributed by atoms with Crippen molar-refractivity contribution in [3.8, 4) is 39.9 Å². The zero-order chi connectivity index (χ0) is 33.5. The van der Waals surface area contributed by atoms with Crippen LogP contribution in [-0.4, -0.2) is 19.5 Å². The highest BCUT2D eigenvalue weighted by Crippen LogP contribution is 2.46. The Kier molecular flexibility index (Phi) is 6.05. The van der Waals surface area contributed by atoms with Crippen molar-refractivity contribution in [2.24, 2.45) is 0 Å². The molecule has 11 rings (SSSR count). The summed E-state index contributed by atoms with van der Waals surface area (Å²) in [5.74, 6) is 1.82. The summed E-state index contributed by atoms with van der Waals surface area (Å²) in [6, 6.07) is 54.8. The Labute approximate surface area is 295 Å². The molecule has 0 aliphatic carbocycles. The van der Waals surface area contributed by atoms with Gasteiger partial charge in [0.2, 0.25) is 5.95 Å². The van der Waals surface area contributed by atoms with Gasteiger partial charge in [0, 0.05) is 58.4 Å². The highest BCUT2D eigenvalue weighted by atomic mass is 32.1. The fourth-order valence-electron chi connectivity index (χ4n) is 7.53. The van der Waals surface area contributed by atoms with Gasteiger partial charge in [0.25, 0.3) is 0 Å². The third-order valence-corrected chi connectivity index (χ3v) is 11.1. The molecule has 0 saturated carbocycles. The van der Waals surface area contributed by atoms with Crippen LogP contribution in [0, 0.1) is 0 Å². The summed E-state index contributed by atoms with van der Waals surface area (Å²) in [6.07, 6.45) is 0. The van der Waals surface area contributed by atoms with Crippen molar-refractivity contribution >= 4 is 75.3 Å². The van der Waals surface area contributed by atoms with Crippen LogP contribution in [0.15, 0.2) is 162 Å². The molecule has 0 amide bonds. The number of hydrogen-bond donors (Lipinski definition) is 0. The topological polar surface area (TPSA) is 56.7 Å². The molecular weight excluding hydrogens is 645 g/mol. The molecule has 0 spiro atoms. The van der Waals surface area contributed by atoms with Crippen LogP contribution < -0.4 is 0 Å². The van der Waals surface area contributed by atoms with Crippen molar-refractivity contribution in [3.63, 3.8) is 0 Å². The molecule has 0 N–H and O–H groups in total. The summed E-state index contributed by atoms with van der Waals surface area (Å²) in [7, 11) is 0. The van der Waals surface area contributed by atoms with Crippen molar-refractivity contribution in [1.82, 2.24) is 19.5 Å². The molecule has 0 aliphatic heterocycles. The number of thiophene rings is 1. The first kappa shape index (κ1) is 28.2. The maximum Gasteiger partial charge on any atom is 0.238 e. The molecule has 0 aliphatic rings. The van der Waals surface area contributed by atoms with E-state index in [1.54, 1.807) is 0 Å². The van der Waals surface area contributed by atoms with Gasteiger partial charge in [-0.2, -0.15) is 9.97 Å². The van der Waals surface area contributed by atoms with Crippen molar-refractivity contribution in [2.75, 3.05) is 0 Å². The minimum absolute atomic E-state index is 0.583. The Morgan fingerprint density at radius 3 is 1.76 bits per heavy atom. The lowest BCUT2D eigenvalue weighted by Crippen LogP contribution is -2.06. The van der Waals surface area contributed by atoms with E-state index < -0.39 is 0 Å². The summed E-state index contributed by atoms with van der Waals surface area (Å²) >= 11 is 1.83. The molecule has 51 heavy (non-hydrogen) atoms. The SMILES string of the molecule is c1ccc(-c2nc(-c3ccc(-c4cc5c6ccccc6sc5c5c4oc4ccccc45)cc3)nc(-n3c4ccccc4c4ccccc43)n2)cc1. The van der Waals surface area contributed by atoms with Crippen LogP contribution >= 0.6 is 11.3 Å². The molecule has 0 radical (unpaired) electrons. The highest BCUT2D eigenvalue weighted by Gasteiger charge is 2.21. The van der Waals surface area contributed by atoms with E-state index in [4.69, 9.17) is 19.4 Å². The molecule has 0 saturated heterocycles. The second-order valence-electron chi connectivity index (χ2n) is 12.8. The van der Waals surface area contributed by atoms with Gasteiger partial charge < -0.3 is 4.42 Å². The van der Waals surface area contributed by atoms with Crippen LogP contribution in [0.4, 0.5) is 0 Å². The molecule has 0 bridgehead atoms. The first-order chi connectivity index (χ1) is 25.3. The minimum Gasteiger partial charge on any atom is -0.455 e. The van der Waals surface area contributed by atoms with Crippen LogP contribution in [0.25, 0.3) is 104 Å². The lowest BCUT2D eigenvalue weighted by molar-refractivity contribution is 0.670. The first-order valence-corrected chi connectivity index (χ1v) is 17.8. The average molecular weight is 671 g/mol. The van der Waals surface area contributed by atoms with Gasteiger partial charge in [-0.05, 0) is 35.9 Å². The number of fused-ring (bicyclic) bond motifs is 10. The fourth-order valence-corrected chi connectivity index (χ4v) is 8.76. The van der Waals surface area contributed by atoms with Gasteiger partial charge in [-0.15, -0.1) is 11.3 Å². The quantitative estimate of drug-likeness (QED) is 0.187. The lowest BCUT2D eigenvalue weighted by Gasteiger charge is -2.11. The lowest BCUT2D eigenvalue weighted by atomic mass is 9.98. The Bertz CT molecular complexity index is 3080. The van der Waals surface area contributed by atoms with E-state index in [1.165, 1.54) is 25.6 Å². The van der Waals surface area contributed by atoms with Gasteiger partial charge in [0.15, 0.2) is 11.6 Å².